The molecule has 0 radical (unpaired) electrons. The van der Waals surface area contributed by atoms with Crippen molar-refractivity contribution < 1.29 is 4.79 Å². The molecule has 1 aliphatic heterocycles. The molecule has 3 nitrogen and oxygen atoms in total. The lowest BCUT2D eigenvalue weighted by molar-refractivity contribution is -0.131. The summed E-state index contributed by atoms with van der Waals surface area (Å²) in [5, 5.41) is 5.93. The van der Waals surface area contributed by atoms with E-state index in [2.05, 4.69) is 10.6 Å². The second-order valence-corrected chi connectivity index (χ2v) is 3.10. The zero-order valence-corrected chi connectivity index (χ0v) is 6.64. The number of carbonyl (C=O) groups excluding carboxylic acids is 1. The van der Waals surface area contributed by atoms with E-state index in [-0.39, 0.29) is 11.9 Å². The summed E-state index contributed by atoms with van der Waals surface area (Å²) >= 11 is 0. The Bertz CT molecular complexity index is 145. The number of hydrogen-bond acceptors (Lipinski definition) is 2. The standard InChI is InChI=1S/C7H14N2O/c1-4(2)8-6-5(3)9-7(6)10/h4-6,8H,1-3H3,(H,9,10)/t5-,6-/m1/s1. The second-order valence-electron chi connectivity index (χ2n) is 3.10. The molecule has 1 heterocycles. The fraction of sp³-hybridized carbons (Fsp3) is 0.857. The van der Waals surface area contributed by atoms with E-state index in [0.29, 0.717) is 12.1 Å². The predicted molar refractivity (Wildman–Crippen MR) is 39.7 cm³/mol. The smallest absolute Gasteiger partial charge is 0.239 e. The van der Waals surface area contributed by atoms with Crippen LogP contribution in [0.25, 0.3) is 0 Å². The third-order valence-corrected chi connectivity index (χ3v) is 1.67. The zero-order chi connectivity index (χ0) is 7.72. The molecular weight excluding hydrogens is 128 g/mol. The Morgan fingerprint density at radius 2 is 2.20 bits per heavy atom. The molecule has 0 aliphatic carbocycles. The SMILES string of the molecule is CC(C)N[C@H]1C(=O)N[C@@H]1C. The fourth-order valence-corrected chi connectivity index (χ4v) is 1.11. The first-order chi connectivity index (χ1) is 4.61. The van der Waals surface area contributed by atoms with Gasteiger partial charge in [0.2, 0.25) is 5.91 Å². The molecule has 58 valence electrons. The molecule has 1 saturated heterocycles. The summed E-state index contributed by atoms with van der Waals surface area (Å²) in [5.41, 5.74) is 0. The van der Waals surface area contributed by atoms with Gasteiger partial charge >= 0.3 is 0 Å². The molecule has 0 bridgehead atoms. The molecule has 0 aromatic carbocycles. The molecule has 1 rings (SSSR count). The summed E-state index contributed by atoms with van der Waals surface area (Å²) in [4.78, 5) is 10.8. The van der Waals surface area contributed by atoms with Crippen molar-refractivity contribution in [2.24, 2.45) is 0 Å². The van der Waals surface area contributed by atoms with E-state index < -0.39 is 0 Å². The van der Waals surface area contributed by atoms with Crippen molar-refractivity contribution in [3.05, 3.63) is 0 Å². The van der Waals surface area contributed by atoms with E-state index in [1.807, 2.05) is 20.8 Å². The van der Waals surface area contributed by atoms with Crippen LogP contribution >= 0.6 is 0 Å². The van der Waals surface area contributed by atoms with Gasteiger partial charge in [-0.2, -0.15) is 0 Å². The van der Waals surface area contributed by atoms with Crippen LogP contribution in [0.4, 0.5) is 0 Å². The van der Waals surface area contributed by atoms with Crippen LogP contribution in [-0.4, -0.2) is 24.0 Å². The molecule has 1 aliphatic rings. The van der Waals surface area contributed by atoms with Crippen molar-refractivity contribution >= 4 is 5.91 Å². The van der Waals surface area contributed by atoms with E-state index in [4.69, 9.17) is 0 Å². The average Bonchev–Trinajstić information content (AvgIpc) is 1.84. The summed E-state index contributed by atoms with van der Waals surface area (Å²) in [6.45, 7) is 6.08. The predicted octanol–water partition coefficient (Wildman–Crippen LogP) is -0.129. The Balaban J connectivity index is 2.33. The minimum absolute atomic E-state index is 0.0417. The minimum atomic E-state index is 0.0417. The molecule has 1 fully saturated rings. The van der Waals surface area contributed by atoms with E-state index >= 15 is 0 Å². The van der Waals surface area contributed by atoms with Crippen LogP contribution in [0.15, 0.2) is 0 Å². The van der Waals surface area contributed by atoms with Crippen LogP contribution in [0.3, 0.4) is 0 Å². The van der Waals surface area contributed by atoms with E-state index in [1.54, 1.807) is 0 Å². The first-order valence-corrected chi connectivity index (χ1v) is 3.67. The third kappa shape index (κ3) is 1.29. The molecule has 3 heteroatoms. The molecule has 2 N–H and O–H groups in total. The molecule has 2 atom stereocenters. The van der Waals surface area contributed by atoms with Crippen molar-refractivity contribution in [1.29, 1.82) is 0 Å². The Morgan fingerprint density at radius 1 is 1.60 bits per heavy atom. The second kappa shape index (κ2) is 2.58. The third-order valence-electron chi connectivity index (χ3n) is 1.67. The van der Waals surface area contributed by atoms with Crippen LogP contribution in [0.1, 0.15) is 20.8 Å². The normalized spacial score (nSPS) is 31.8. The van der Waals surface area contributed by atoms with Crippen LogP contribution in [0, 0.1) is 0 Å². The van der Waals surface area contributed by atoms with Crippen molar-refractivity contribution in [1.82, 2.24) is 10.6 Å². The fourth-order valence-electron chi connectivity index (χ4n) is 1.11. The maximum Gasteiger partial charge on any atom is 0.239 e. The Labute approximate surface area is 61.2 Å². The molecule has 0 spiro atoms. The highest BCUT2D eigenvalue weighted by Crippen LogP contribution is 2.05. The molecule has 10 heavy (non-hydrogen) atoms. The van der Waals surface area contributed by atoms with Gasteiger partial charge in [-0.25, -0.2) is 0 Å². The highest BCUT2D eigenvalue weighted by Gasteiger charge is 2.35. The molecule has 0 saturated carbocycles. The highest BCUT2D eigenvalue weighted by molar-refractivity contribution is 5.89. The van der Waals surface area contributed by atoms with Crippen LogP contribution in [-0.2, 0) is 4.79 Å². The summed E-state index contributed by atoms with van der Waals surface area (Å²) in [7, 11) is 0. The highest BCUT2D eigenvalue weighted by atomic mass is 16.2. The van der Waals surface area contributed by atoms with E-state index in [1.165, 1.54) is 0 Å². The van der Waals surface area contributed by atoms with Crippen LogP contribution in [0.2, 0.25) is 0 Å². The largest absolute Gasteiger partial charge is 0.350 e. The quantitative estimate of drug-likeness (QED) is 0.527. The van der Waals surface area contributed by atoms with Crippen LogP contribution < -0.4 is 10.6 Å². The van der Waals surface area contributed by atoms with Gasteiger partial charge in [-0.1, -0.05) is 13.8 Å². The van der Waals surface area contributed by atoms with Crippen molar-refractivity contribution in [3.63, 3.8) is 0 Å². The van der Waals surface area contributed by atoms with Crippen LogP contribution in [0.5, 0.6) is 0 Å². The van der Waals surface area contributed by atoms with Crippen molar-refractivity contribution in [2.75, 3.05) is 0 Å². The van der Waals surface area contributed by atoms with Gasteiger partial charge in [0.25, 0.3) is 0 Å². The van der Waals surface area contributed by atoms with Gasteiger partial charge in [0.15, 0.2) is 0 Å². The van der Waals surface area contributed by atoms with Gasteiger partial charge in [-0.15, -0.1) is 0 Å². The van der Waals surface area contributed by atoms with E-state index in [9.17, 15) is 4.79 Å². The number of nitrogens with one attached hydrogen (secondary N) is 2. The molecule has 0 unspecified atom stereocenters. The molecule has 1 amide bonds. The number of hydrogen-bond donors (Lipinski definition) is 2. The van der Waals surface area contributed by atoms with Gasteiger partial charge in [-0.3, -0.25) is 4.79 Å². The lowest BCUT2D eigenvalue weighted by atomic mass is 10.0. The summed E-state index contributed by atoms with van der Waals surface area (Å²) in [6.07, 6.45) is 0. The van der Waals surface area contributed by atoms with E-state index in [0.717, 1.165) is 0 Å². The lowest BCUT2D eigenvalue weighted by Crippen LogP contribution is -2.67. The Morgan fingerprint density at radius 3 is 2.40 bits per heavy atom. The summed E-state index contributed by atoms with van der Waals surface area (Å²) in [5.74, 6) is 0.126. The minimum Gasteiger partial charge on any atom is -0.350 e. The molecule has 0 aromatic heterocycles. The Hall–Kier alpha value is -0.570. The summed E-state index contributed by atoms with van der Waals surface area (Å²) in [6, 6.07) is 0.730. The summed E-state index contributed by atoms with van der Waals surface area (Å²) < 4.78 is 0. The number of rotatable bonds is 2. The number of carbonyl (C=O) groups is 1. The molecular formula is C7H14N2O. The van der Waals surface area contributed by atoms with Gasteiger partial charge < -0.3 is 10.6 Å². The topological polar surface area (TPSA) is 41.1 Å². The van der Waals surface area contributed by atoms with Gasteiger partial charge in [0.05, 0.1) is 6.04 Å². The van der Waals surface area contributed by atoms with Gasteiger partial charge in [0.1, 0.15) is 6.04 Å². The average molecular weight is 142 g/mol. The lowest BCUT2D eigenvalue weighted by Gasteiger charge is -2.35. The first-order valence-electron chi connectivity index (χ1n) is 3.67. The zero-order valence-electron chi connectivity index (χ0n) is 6.64. The van der Waals surface area contributed by atoms with Crippen molar-refractivity contribution in [3.8, 4) is 0 Å². The monoisotopic (exact) mass is 142 g/mol. The molecule has 0 aromatic rings. The van der Waals surface area contributed by atoms with Crippen molar-refractivity contribution in [2.45, 2.75) is 38.9 Å². The first kappa shape index (κ1) is 7.54. The number of β-lactam (4-membered cyclic amide) rings is 1. The van der Waals surface area contributed by atoms with Gasteiger partial charge in [0, 0.05) is 6.04 Å². The Kier molecular flexibility index (Phi) is 1.94. The number of amides is 1. The van der Waals surface area contributed by atoms with Gasteiger partial charge in [-0.05, 0) is 6.92 Å². The maximum absolute atomic E-state index is 10.8. The maximum atomic E-state index is 10.8.